The van der Waals surface area contributed by atoms with Crippen LogP contribution in [0.5, 0.6) is 0 Å². The summed E-state index contributed by atoms with van der Waals surface area (Å²) in [4.78, 5) is 56.7. The lowest BCUT2D eigenvalue weighted by atomic mass is 9.90. The van der Waals surface area contributed by atoms with Crippen LogP contribution in [0.2, 0.25) is 0 Å². The van der Waals surface area contributed by atoms with Crippen LogP contribution >= 0.6 is 0 Å². The van der Waals surface area contributed by atoms with Gasteiger partial charge in [-0.15, -0.1) is 4.36 Å². The highest BCUT2D eigenvalue weighted by Gasteiger charge is 2.37. The molecule has 15 nitrogen and oxygen atoms in total. The molecule has 254 valence electrons. The van der Waals surface area contributed by atoms with Crippen LogP contribution in [0, 0.1) is 0 Å². The Labute approximate surface area is 274 Å². The number of carbonyl (C=O) groups is 4. The van der Waals surface area contributed by atoms with Gasteiger partial charge in [-0.3, -0.25) is 24.2 Å². The third kappa shape index (κ3) is 7.09. The maximum absolute atomic E-state index is 13.4. The number of aryl methyl sites for hydroxylation is 2. The second-order valence-electron chi connectivity index (χ2n) is 12.8. The van der Waals surface area contributed by atoms with Crippen LogP contribution in [0.25, 0.3) is 0 Å². The largest absolute Gasteiger partial charge is 0.354 e. The van der Waals surface area contributed by atoms with Crippen LogP contribution in [0.4, 0.5) is 15.3 Å². The van der Waals surface area contributed by atoms with Crippen LogP contribution in [0.15, 0.2) is 26.6 Å². The van der Waals surface area contributed by atoms with Gasteiger partial charge in [-0.1, -0.05) is 20.8 Å². The molecule has 0 saturated carbocycles. The van der Waals surface area contributed by atoms with Crippen molar-refractivity contribution in [1.82, 2.24) is 35.6 Å². The van der Waals surface area contributed by atoms with Crippen molar-refractivity contribution in [1.29, 1.82) is 0 Å². The van der Waals surface area contributed by atoms with E-state index in [2.05, 4.69) is 44.6 Å². The number of anilines is 1. The summed E-state index contributed by atoms with van der Waals surface area (Å²) in [6.07, 6.45) is 4.88. The van der Waals surface area contributed by atoms with E-state index in [1.54, 1.807) is 0 Å². The average Bonchev–Trinajstić information content (AvgIpc) is 3.77. The lowest BCUT2D eigenvalue weighted by Gasteiger charge is -2.20. The van der Waals surface area contributed by atoms with E-state index in [4.69, 9.17) is 10.1 Å². The average molecular weight is 669 g/mol. The van der Waals surface area contributed by atoms with Crippen LogP contribution < -0.4 is 26.4 Å². The molecule has 2 aromatic heterocycles. The van der Waals surface area contributed by atoms with Gasteiger partial charge in [-0.25, -0.2) is 18.9 Å². The molecule has 47 heavy (non-hydrogen) atoms. The monoisotopic (exact) mass is 668 g/mol. The van der Waals surface area contributed by atoms with E-state index in [-0.39, 0.29) is 28.6 Å². The smallest absolute Gasteiger partial charge is 0.349 e. The van der Waals surface area contributed by atoms with Gasteiger partial charge in [-0.05, 0) is 62.1 Å². The van der Waals surface area contributed by atoms with E-state index >= 15 is 0 Å². The summed E-state index contributed by atoms with van der Waals surface area (Å²) in [6.45, 7) is 9.71. The minimum Gasteiger partial charge on any atom is -0.349 e. The molecule has 2 aromatic rings. The van der Waals surface area contributed by atoms with E-state index < -0.39 is 27.9 Å². The van der Waals surface area contributed by atoms with Gasteiger partial charge in [0.1, 0.15) is 5.69 Å². The summed E-state index contributed by atoms with van der Waals surface area (Å²) in [5, 5.41) is 21.4. The summed E-state index contributed by atoms with van der Waals surface area (Å²) >= 11 is 0. The number of carbonyl (C=O) groups excluding carboxylic acids is 4. The number of nitrogens with two attached hydrogens (primary N) is 1. The zero-order chi connectivity index (χ0) is 34.1. The molecule has 3 heterocycles. The highest BCUT2D eigenvalue weighted by Crippen LogP contribution is 2.44. The molecular formula is C31H44N10O5S. The molecule has 0 aromatic carbocycles. The number of rotatable bonds is 10. The predicted octanol–water partition coefficient (Wildman–Crippen LogP) is 2.06. The van der Waals surface area contributed by atoms with Crippen LogP contribution in [0.1, 0.15) is 80.0 Å². The number of amides is 6. The molecule has 2 aliphatic carbocycles. The molecule has 1 aliphatic heterocycles. The zero-order valence-corrected chi connectivity index (χ0v) is 28.4. The molecule has 0 fully saturated rings. The number of nitrogens with one attached hydrogen (secondary N) is 4. The normalized spacial score (nSPS) is 17.7. The second kappa shape index (κ2) is 13.5. The Balaban J connectivity index is 1.12. The Morgan fingerprint density at radius 3 is 2.51 bits per heavy atom. The topological polar surface area (TPSA) is 206 Å². The highest BCUT2D eigenvalue weighted by molar-refractivity contribution is 7.91. The molecule has 1 unspecified atom stereocenters. The Kier molecular flexibility index (Phi) is 9.84. The molecule has 0 radical (unpaired) electrons. The first-order valence-corrected chi connectivity index (χ1v) is 17.5. The van der Waals surface area contributed by atoms with Gasteiger partial charge in [0.25, 0.3) is 11.8 Å². The predicted molar refractivity (Wildman–Crippen MR) is 176 cm³/mol. The van der Waals surface area contributed by atoms with Crippen molar-refractivity contribution in [2.24, 2.45) is 16.5 Å². The minimum atomic E-state index is -3.76. The second-order valence-corrected chi connectivity index (χ2v) is 14.5. The van der Waals surface area contributed by atoms with Crippen molar-refractivity contribution in [3.63, 3.8) is 0 Å². The fraction of sp³-hybridized carbons (Fsp3) is 0.548. The Morgan fingerprint density at radius 1 is 1.09 bits per heavy atom. The fourth-order valence-corrected chi connectivity index (χ4v) is 7.34. The summed E-state index contributed by atoms with van der Waals surface area (Å²) in [5.41, 5.74) is 6.25. The van der Waals surface area contributed by atoms with E-state index in [9.17, 15) is 23.4 Å². The molecule has 0 spiro atoms. The highest BCUT2D eigenvalue weighted by atomic mass is 32.2. The molecule has 16 heteroatoms. The first-order valence-electron chi connectivity index (χ1n) is 16.0. The molecule has 1 atom stereocenters. The first-order chi connectivity index (χ1) is 22.2. The number of nitrogens with zero attached hydrogens (tertiary/aromatic N) is 5. The standard InChI is InChI=1S/C31H44N10O5S/c1-6-19-18(2)17-41(28(19)43)30(45)35-15-13-33-12-14-34-27(42)23-16-24(38-40(23)5)47(32,46)39-29(44)37-25-20-8-7-9-22(20)36-26-21(25)10-11-31(26,3)4/h16,33H,6-15,17H2,1-5H3,(H,34,42)(H,35,45)(H3,32,36,37,39,44,46). The van der Waals surface area contributed by atoms with Gasteiger partial charge in [-0.2, -0.15) is 5.10 Å². The number of pyridine rings is 1. The van der Waals surface area contributed by atoms with Crippen molar-refractivity contribution in [2.45, 2.75) is 76.7 Å². The molecule has 6 N–H and O–H groups in total. The maximum Gasteiger partial charge on any atom is 0.354 e. The van der Waals surface area contributed by atoms with E-state index in [1.807, 2.05) is 13.8 Å². The van der Waals surface area contributed by atoms with E-state index in [1.165, 1.54) is 22.7 Å². The molecule has 0 bridgehead atoms. The number of fused-ring (bicyclic) bond motifs is 2. The van der Waals surface area contributed by atoms with Gasteiger partial charge in [0.15, 0.2) is 14.9 Å². The van der Waals surface area contributed by atoms with Crippen molar-refractivity contribution in [3.8, 4) is 0 Å². The summed E-state index contributed by atoms with van der Waals surface area (Å²) < 4.78 is 18.4. The molecule has 5 rings (SSSR count). The van der Waals surface area contributed by atoms with Crippen molar-refractivity contribution in [3.05, 3.63) is 45.4 Å². The van der Waals surface area contributed by atoms with E-state index in [0.29, 0.717) is 43.9 Å². The summed E-state index contributed by atoms with van der Waals surface area (Å²) in [7, 11) is -2.26. The number of hydrogen-bond acceptors (Lipinski definition) is 8. The zero-order valence-electron chi connectivity index (χ0n) is 27.6. The van der Waals surface area contributed by atoms with Crippen molar-refractivity contribution >= 4 is 39.5 Å². The lowest BCUT2D eigenvalue weighted by molar-refractivity contribution is -0.123. The van der Waals surface area contributed by atoms with Crippen molar-refractivity contribution in [2.75, 3.05) is 38.0 Å². The molecule has 6 amide bonds. The Hall–Kier alpha value is -4.15. The molecule has 3 aliphatic rings. The molecular weight excluding hydrogens is 624 g/mol. The Bertz CT molecular complexity index is 1790. The van der Waals surface area contributed by atoms with Gasteiger partial charge in [0.2, 0.25) is 0 Å². The van der Waals surface area contributed by atoms with Gasteiger partial charge < -0.3 is 21.3 Å². The van der Waals surface area contributed by atoms with Crippen molar-refractivity contribution < 1.29 is 23.4 Å². The molecule has 0 saturated heterocycles. The third-order valence-electron chi connectivity index (χ3n) is 8.98. The summed E-state index contributed by atoms with van der Waals surface area (Å²) in [6, 6.07) is -0.00995. The number of imide groups is 1. The van der Waals surface area contributed by atoms with Gasteiger partial charge >= 0.3 is 12.1 Å². The maximum atomic E-state index is 13.4. The number of urea groups is 2. The summed E-state index contributed by atoms with van der Waals surface area (Å²) in [5.74, 6) is -0.729. The lowest BCUT2D eigenvalue weighted by Crippen LogP contribution is -2.44. The third-order valence-corrected chi connectivity index (χ3v) is 10.2. The van der Waals surface area contributed by atoms with Gasteiger partial charge in [0.05, 0.1) is 17.9 Å². The minimum absolute atomic E-state index is 0.0960. The van der Waals surface area contributed by atoms with Crippen LogP contribution in [0.3, 0.4) is 0 Å². The number of aromatic nitrogens is 3. The Morgan fingerprint density at radius 2 is 1.81 bits per heavy atom. The first kappa shape index (κ1) is 34.2. The SMILES string of the molecule is CCC1=C(C)CN(C(=O)NCCNCCNC(=O)c2cc(S(N)(=O)=NC(=O)Nc3c4c(nc5c3CCC5(C)C)CCC4)nn2C)C1=O. The van der Waals surface area contributed by atoms with Crippen LogP contribution in [-0.2, 0) is 46.4 Å². The number of hydrogen-bond donors (Lipinski definition) is 5. The van der Waals surface area contributed by atoms with E-state index in [0.717, 1.165) is 60.2 Å². The van der Waals surface area contributed by atoms with Gasteiger partial charge in [0, 0.05) is 56.0 Å². The van der Waals surface area contributed by atoms with Crippen LogP contribution in [-0.4, -0.2) is 80.5 Å². The fourth-order valence-electron chi connectivity index (χ4n) is 6.43. The quantitative estimate of drug-likeness (QED) is 0.236.